The first-order valence-electron chi connectivity index (χ1n) is 9.79. The first-order valence-corrected chi connectivity index (χ1v) is 9.79. The zero-order valence-electron chi connectivity index (χ0n) is 16.7. The second-order valence-corrected chi connectivity index (χ2v) is 6.43. The highest BCUT2D eigenvalue weighted by atomic mass is 16.5. The average Bonchev–Trinajstić information content (AvgIpc) is 2.80. The minimum Gasteiger partial charge on any atom is -0.487 e. The largest absolute Gasteiger partial charge is 0.487 e. The van der Waals surface area contributed by atoms with Gasteiger partial charge in [0, 0.05) is 0 Å². The fourth-order valence-corrected chi connectivity index (χ4v) is 2.74. The molecule has 3 aromatic rings. The molecule has 0 saturated heterocycles. The van der Waals surface area contributed by atoms with Gasteiger partial charge in [-0.2, -0.15) is 0 Å². The number of para-hydroxylation sites is 4. The number of aliphatic hydroxyl groups is 2. The highest BCUT2D eigenvalue weighted by molar-refractivity contribution is 5.40. The highest BCUT2D eigenvalue weighted by Crippen LogP contribution is 2.28. The van der Waals surface area contributed by atoms with Crippen molar-refractivity contribution < 1.29 is 29.2 Å². The van der Waals surface area contributed by atoms with Crippen molar-refractivity contribution in [1.82, 2.24) is 0 Å². The Kier molecular flexibility index (Phi) is 8.38. The fraction of sp³-hybridized carbons (Fsp3) is 0.250. The molecule has 0 unspecified atom stereocenters. The third kappa shape index (κ3) is 6.40. The fourth-order valence-electron chi connectivity index (χ4n) is 2.74. The second-order valence-electron chi connectivity index (χ2n) is 6.43. The van der Waals surface area contributed by atoms with Crippen molar-refractivity contribution in [2.24, 2.45) is 0 Å². The summed E-state index contributed by atoms with van der Waals surface area (Å²) in [5, 5.41) is 17.9. The van der Waals surface area contributed by atoms with Gasteiger partial charge in [-0.3, -0.25) is 0 Å². The summed E-state index contributed by atoms with van der Waals surface area (Å²) < 4.78 is 22.7. The van der Waals surface area contributed by atoms with Crippen LogP contribution in [0.1, 0.15) is 11.1 Å². The van der Waals surface area contributed by atoms with Crippen LogP contribution in [0.2, 0.25) is 0 Å². The van der Waals surface area contributed by atoms with Gasteiger partial charge in [-0.05, 0) is 35.4 Å². The van der Waals surface area contributed by atoms with Gasteiger partial charge in [-0.15, -0.1) is 0 Å². The number of aliphatic hydroxyl groups excluding tert-OH is 2. The van der Waals surface area contributed by atoms with E-state index < -0.39 is 0 Å². The van der Waals surface area contributed by atoms with Gasteiger partial charge in [0.1, 0.15) is 26.4 Å². The van der Waals surface area contributed by atoms with Crippen LogP contribution in [0.4, 0.5) is 0 Å². The third-order valence-electron chi connectivity index (χ3n) is 4.21. The molecule has 0 aliphatic heterocycles. The first-order chi connectivity index (χ1) is 14.8. The lowest BCUT2D eigenvalue weighted by molar-refractivity contribution is 0.192. The summed E-state index contributed by atoms with van der Waals surface area (Å²) in [6.45, 7) is 1.16. The maximum atomic E-state index is 8.93. The van der Waals surface area contributed by atoms with E-state index in [1.54, 1.807) is 0 Å². The Labute approximate surface area is 176 Å². The Bertz CT molecular complexity index is 820. The number of ether oxygens (including phenoxy) is 4. The van der Waals surface area contributed by atoms with Crippen LogP contribution >= 0.6 is 0 Å². The van der Waals surface area contributed by atoms with Crippen LogP contribution in [0.15, 0.2) is 72.8 Å². The lowest BCUT2D eigenvalue weighted by Crippen LogP contribution is -2.04. The molecule has 0 amide bonds. The Hall–Kier alpha value is -3.22. The minimum absolute atomic E-state index is 0.0457. The van der Waals surface area contributed by atoms with Crippen LogP contribution in [0.5, 0.6) is 23.0 Å². The van der Waals surface area contributed by atoms with Gasteiger partial charge in [0.2, 0.25) is 0 Å². The maximum Gasteiger partial charge on any atom is 0.161 e. The summed E-state index contributed by atoms with van der Waals surface area (Å²) in [5.74, 6) is 2.49. The summed E-state index contributed by atoms with van der Waals surface area (Å²) in [6.07, 6.45) is 0. The molecule has 2 N–H and O–H groups in total. The molecule has 0 aromatic heterocycles. The topological polar surface area (TPSA) is 77.4 Å². The van der Waals surface area contributed by atoms with Crippen LogP contribution in [0, 0.1) is 0 Å². The third-order valence-corrected chi connectivity index (χ3v) is 4.21. The highest BCUT2D eigenvalue weighted by Gasteiger charge is 2.06. The first kappa shape index (κ1) is 21.5. The molecule has 6 nitrogen and oxygen atoms in total. The van der Waals surface area contributed by atoms with Crippen molar-refractivity contribution in [3.63, 3.8) is 0 Å². The Balaban J connectivity index is 1.54. The van der Waals surface area contributed by atoms with Gasteiger partial charge < -0.3 is 29.2 Å². The summed E-state index contributed by atoms with van der Waals surface area (Å²) in [7, 11) is 0. The van der Waals surface area contributed by atoms with Crippen LogP contribution < -0.4 is 18.9 Å². The standard InChI is InChI=1S/C24H26O6/c25-13-15-27-21-5-1-3-7-23(21)29-17-19-9-11-20(12-10-19)18-30-24-8-4-2-6-22(24)28-16-14-26/h1-12,25-26H,13-18H2. The van der Waals surface area contributed by atoms with E-state index in [9.17, 15) is 0 Å². The molecule has 0 aliphatic rings. The Morgan fingerprint density at radius 3 is 1.13 bits per heavy atom. The van der Waals surface area contributed by atoms with Crippen molar-refractivity contribution in [2.75, 3.05) is 26.4 Å². The molecule has 0 spiro atoms. The van der Waals surface area contributed by atoms with Gasteiger partial charge in [0.25, 0.3) is 0 Å². The molecule has 0 atom stereocenters. The zero-order valence-corrected chi connectivity index (χ0v) is 16.7. The second kappa shape index (κ2) is 11.7. The van der Waals surface area contributed by atoms with Crippen LogP contribution in [0.25, 0.3) is 0 Å². The molecular weight excluding hydrogens is 384 g/mol. The number of hydrogen-bond acceptors (Lipinski definition) is 6. The van der Waals surface area contributed by atoms with Gasteiger partial charge in [-0.1, -0.05) is 48.5 Å². The van der Waals surface area contributed by atoms with E-state index in [-0.39, 0.29) is 26.4 Å². The molecule has 158 valence electrons. The number of rotatable bonds is 12. The van der Waals surface area contributed by atoms with E-state index >= 15 is 0 Å². The number of hydrogen-bond donors (Lipinski definition) is 2. The lowest BCUT2D eigenvalue weighted by Gasteiger charge is -2.13. The van der Waals surface area contributed by atoms with Gasteiger partial charge in [0.15, 0.2) is 23.0 Å². The molecule has 30 heavy (non-hydrogen) atoms. The molecule has 0 heterocycles. The summed E-state index contributed by atoms with van der Waals surface area (Å²) in [5.41, 5.74) is 2.03. The lowest BCUT2D eigenvalue weighted by atomic mass is 10.1. The molecule has 0 bridgehead atoms. The van der Waals surface area contributed by atoms with Crippen molar-refractivity contribution in [3.05, 3.63) is 83.9 Å². The van der Waals surface area contributed by atoms with E-state index in [0.29, 0.717) is 36.2 Å². The molecule has 6 heteroatoms. The van der Waals surface area contributed by atoms with E-state index in [2.05, 4.69) is 0 Å². The van der Waals surface area contributed by atoms with Gasteiger partial charge in [-0.25, -0.2) is 0 Å². The van der Waals surface area contributed by atoms with Crippen molar-refractivity contribution in [3.8, 4) is 23.0 Å². The van der Waals surface area contributed by atoms with E-state index in [0.717, 1.165) is 11.1 Å². The monoisotopic (exact) mass is 410 g/mol. The SMILES string of the molecule is OCCOc1ccccc1OCc1ccc(COc2ccccc2OCCO)cc1. The maximum absolute atomic E-state index is 8.93. The van der Waals surface area contributed by atoms with Crippen LogP contribution in [-0.2, 0) is 13.2 Å². The van der Waals surface area contributed by atoms with Crippen molar-refractivity contribution >= 4 is 0 Å². The molecular formula is C24H26O6. The number of benzene rings is 3. The summed E-state index contributed by atoms with van der Waals surface area (Å²) >= 11 is 0. The zero-order chi connectivity index (χ0) is 21.0. The Morgan fingerprint density at radius 2 is 0.800 bits per heavy atom. The molecule has 0 aliphatic carbocycles. The van der Waals surface area contributed by atoms with Crippen LogP contribution in [-0.4, -0.2) is 36.6 Å². The van der Waals surface area contributed by atoms with E-state index in [1.165, 1.54) is 0 Å². The minimum atomic E-state index is -0.0457. The molecule has 0 saturated carbocycles. The average molecular weight is 410 g/mol. The van der Waals surface area contributed by atoms with E-state index in [1.807, 2.05) is 72.8 Å². The van der Waals surface area contributed by atoms with Crippen molar-refractivity contribution in [2.45, 2.75) is 13.2 Å². The van der Waals surface area contributed by atoms with Gasteiger partial charge >= 0.3 is 0 Å². The Morgan fingerprint density at radius 1 is 0.467 bits per heavy atom. The van der Waals surface area contributed by atoms with Crippen LogP contribution in [0.3, 0.4) is 0 Å². The van der Waals surface area contributed by atoms with Gasteiger partial charge in [0.05, 0.1) is 13.2 Å². The molecule has 0 radical (unpaired) electrons. The quantitative estimate of drug-likeness (QED) is 0.475. The molecule has 3 aromatic carbocycles. The van der Waals surface area contributed by atoms with Crippen molar-refractivity contribution in [1.29, 1.82) is 0 Å². The summed E-state index contributed by atoms with van der Waals surface area (Å²) in [6, 6.07) is 22.7. The molecule has 3 rings (SSSR count). The normalized spacial score (nSPS) is 10.5. The molecule has 0 fully saturated rings. The predicted molar refractivity (Wildman–Crippen MR) is 113 cm³/mol. The summed E-state index contributed by atoms with van der Waals surface area (Å²) in [4.78, 5) is 0. The predicted octanol–water partition coefficient (Wildman–Crippen LogP) is 3.59. The van der Waals surface area contributed by atoms with E-state index in [4.69, 9.17) is 29.2 Å². The smallest absolute Gasteiger partial charge is 0.161 e.